The molecule has 0 spiro atoms. The molecule has 0 bridgehead atoms. The summed E-state index contributed by atoms with van der Waals surface area (Å²) in [7, 11) is -3.81. The Hall–Kier alpha value is -2.42. The van der Waals surface area contributed by atoms with E-state index in [2.05, 4.69) is 4.72 Å². The lowest BCUT2D eigenvalue weighted by Crippen LogP contribution is -2.43. The molecule has 2 N–H and O–H groups in total. The molecule has 0 aromatic heterocycles. The number of nitrogens with one attached hydrogen (secondary N) is 1. The van der Waals surface area contributed by atoms with Gasteiger partial charge in [0, 0.05) is 18.2 Å². The highest BCUT2D eigenvalue weighted by atomic mass is 32.2. The zero-order valence-corrected chi connectivity index (χ0v) is 24.4. The quantitative estimate of drug-likeness (QED) is 0.423. The summed E-state index contributed by atoms with van der Waals surface area (Å²) in [5.74, 6) is -1.10. The fourth-order valence-electron chi connectivity index (χ4n) is 6.00. The average molecular weight is 543 g/mol. The zero-order chi connectivity index (χ0) is 27.8. The molecule has 1 atom stereocenters. The number of nitrogens with zero attached hydrogens (tertiary/aromatic N) is 1. The lowest BCUT2D eigenvalue weighted by atomic mass is 9.83. The third-order valence-corrected chi connectivity index (χ3v) is 9.39. The molecule has 1 fully saturated rings. The van der Waals surface area contributed by atoms with E-state index in [1.165, 1.54) is 0 Å². The van der Waals surface area contributed by atoms with Crippen LogP contribution in [-0.4, -0.2) is 42.0 Å². The standard InChI is InChI=1S/C30H42N2O5S/c1-19-13-15-22(16-14-19)25-20(2)24-17-18-32(23-11-9-7-8-10-12-23)38(35,36)31-27(24)21(3)26(25)28(29(33)34)37-30(4,5)6/h13-16,23,28,31H,7-12,17-18H2,1-6H3,(H,33,34)/t28-/m0/s1. The van der Waals surface area contributed by atoms with Gasteiger partial charge in [-0.25, -0.2) is 4.79 Å². The van der Waals surface area contributed by atoms with Gasteiger partial charge in [0.1, 0.15) is 0 Å². The minimum absolute atomic E-state index is 0.0167. The van der Waals surface area contributed by atoms with E-state index in [0.717, 1.165) is 66.3 Å². The van der Waals surface area contributed by atoms with Gasteiger partial charge >= 0.3 is 16.2 Å². The van der Waals surface area contributed by atoms with Gasteiger partial charge in [-0.05, 0) is 88.6 Å². The van der Waals surface area contributed by atoms with Crippen LogP contribution in [0.25, 0.3) is 11.1 Å². The number of carboxylic acid groups (broad SMARTS) is 1. The predicted octanol–water partition coefficient (Wildman–Crippen LogP) is 6.46. The zero-order valence-electron chi connectivity index (χ0n) is 23.6. The van der Waals surface area contributed by atoms with Gasteiger partial charge in [-0.3, -0.25) is 4.72 Å². The number of aliphatic carboxylic acids is 1. The Morgan fingerprint density at radius 3 is 2.18 bits per heavy atom. The summed E-state index contributed by atoms with van der Waals surface area (Å²) in [4.78, 5) is 12.7. The van der Waals surface area contributed by atoms with E-state index in [1.807, 2.05) is 65.8 Å². The molecule has 1 aliphatic carbocycles. The van der Waals surface area contributed by atoms with E-state index in [-0.39, 0.29) is 6.04 Å². The summed E-state index contributed by atoms with van der Waals surface area (Å²) in [5.41, 5.74) is 5.48. The monoisotopic (exact) mass is 542 g/mol. The molecule has 0 radical (unpaired) electrons. The Morgan fingerprint density at radius 2 is 1.63 bits per heavy atom. The maximum absolute atomic E-state index is 13.7. The number of ether oxygens (including phenoxy) is 1. The highest BCUT2D eigenvalue weighted by Crippen LogP contribution is 2.44. The minimum Gasteiger partial charge on any atom is -0.479 e. The number of fused-ring (bicyclic) bond motifs is 1. The van der Waals surface area contributed by atoms with Crippen molar-refractivity contribution in [3.05, 3.63) is 52.1 Å². The first-order valence-electron chi connectivity index (χ1n) is 13.7. The first-order valence-corrected chi connectivity index (χ1v) is 15.2. The van der Waals surface area contributed by atoms with E-state index in [0.29, 0.717) is 29.8 Å². The van der Waals surface area contributed by atoms with Gasteiger partial charge < -0.3 is 9.84 Å². The molecule has 2 aromatic rings. The summed E-state index contributed by atoms with van der Waals surface area (Å²) >= 11 is 0. The third kappa shape index (κ3) is 5.92. The number of benzene rings is 2. The van der Waals surface area contributed by atoms with Crippen LogP contribution in [0.1, 0.15) is 93.2 Å². The van der Waals surface area contributed by atoms with Gasteiger partial charge in [0.25, 0.3) is 0 Å². The first kappa shape index (κ1) is 28.6. The van der Waals surface area contributed by atoms with Crippen molar-refractivity contribution in [2.45, 2.75) is 104 Å². The molecule has 208 valence electrons. The molecular formula is C30H42N2O5S. The van der Waals surface area contributed by atoms with Crippen molar-refractivity contribution in [1.29, 1.82) is 0 Å². The van der Waals surface area contributed by atoms with Gasteiger partial charge in [0.05, 0.1) is 11.3 Å². The Bertz CT molecular complexity index is 1290. The molecule has 1 saturated carbocycles. The van der Waals surface area contributed by atoms with Crippen molar-refractivity contribution in [3.8, 4) is 11.1 Å². The SMILES string of the molecule is Cc1ccc(-c2c(C)c3c(c(C)c2[C@H](OC(C)(C)C)C(=O)O)NS(=O)(=O)N(C2CCCCCC2)CC3)cc1. The van der Waals surface area contributed by atoms with Gasteiger partial charge in [-0.1, -0.05) is 55.5 Å². The highest BCUT2D eigenvalue weighted by Gasteiger charge is 2.38. The second kappa shape index (κ2) is 11.0. The van der Waals surface area contributed by atoms with Crippen LogP contribution in [0, 0.1) is 20.8 Å². The molecule has 2 aromatic carbocycles. The lowest BCUT2D eigenvalue weighted by Gasteiger charge is -2.31. The Labute approximate surface area is 227 Å². The van der Waals surface area contributed by atoms with Gasteiger partial charge in [-0.2, -0.15) is 12.7 Å². The number of anilines is 1. The van der Waals surface area contributed by atoms with Crippen LogP contribution in [0.3, 0.4) is 0 Å². The molecule has 7 nitrogen and oxygen atoms in total. The molecule has 1 heterocycles. The molecule has 38 heavy (non-hydrogen) atoms. The van der Waals surface area contributed by atoms with E-state index in [1.54, 1.807) is 4.31 Å². The number of hydrogen-bond acceptors (Lipinski definition) is 4. The van der Waals surface area contributed by atoms with Crippen LogP contribution in [0.15, 0.2) is 24.3 Å². The Balaban J connectivity index is 1.93. The van der Waals surface area contributed by atoms with Crippen LogP contribution in [-0.2, 0) is 26.2 Å². The van der Waals surface area contributed by atoms with Crippen molar-refractivity contribution in [2.24, 2.45) is 0 Å². The maximum atomic E-state index is 13.7. The minimum atomic E-state index is -3.81. The van der Waals surface area contributed by atoms with E-state index >= 15 is 0 Å². The van der Waals surface area contributed by atoms with E-state index in [9.17, 15) is 18.3 Å². The van der Waals surface area contributed by atoms with Crippen LogP contribution in [0.5, 0.6) is 0 Å². The smallest absolute Gasteiger partial charge is 0.337 e. The van der Waals surface area contributed by atoms with Gasteiger partial charge in [0.2, 0.25) is 0 Å². The summed E-state index contributed by atoms with van der Waals surface area (Å²) in [6.07, 6.45) is 5.39. The van der Waals surface area contributed by atoms with E-state index in [4.69, 9.17) is 4.74 Å². The summed E-state index contributed by atoms with van der Waals surface area (Å²) < 4.78 is 38.2. The maximum Gasteiger partial charge on any atom is 0.337 e. The summed E-state index contributed by atoms with van der Waals surface area (Å²) in [6, 6.07) is 8.01. The van der Waals surface area contributed by atoms with Crippen LogP contribution in [0.4, 0.5) is 5.69 Å². The normalized spacial score (nSPS) is 19.6. The fraction of sp³-hybridized carbons (Fsp3) is 0.567. The first-order chi connectivity index (χ1) is 17.8. The van der Waals surface area contributed by atoms with Crippen molar-refractivity contribution in [1.82, 2.24) is 4.31 Å². The van der Waals surface area contributed by atoms with Gasteiger partial charge in [-0.15, -0.1) is 0 Å². The molecular weight excluding hydrogens is 500 g/mol. The molecule has 4 rings (SSSR count). The van der Waals surface area contributed by atoms with Crippen molar-refractivity contribution < 1.29 is 23.1 Å². The third-order valence-electron chi connectivity index (χ3n) is 7.83. The predicted molar refractivity (Wildman–Crippen MR) is 152 cm³/mol. The fourth-order valence-corrected chi connectivity index (χ4v) is 7.59. The highest BCUT2D eigenvalue weighted by molar-refractivity contribution is 7.90. The molecule has 0 unspecified atom stereocenters. The number of rotatable bonds is 5. The largest absolute Gasteiger partial charge is 0.479 e. The lowest BCUT2D eigenvalue weighted by molar-refractivity contribution is -0.160. The second-order valence-corrected chi connectivity index (χ2v) is 13.4. The number of hydrogen-bond donors (Lipinski definition) is 2. The Kier molecular flexibility index (Phi) is 8.26. The molecule has 8 heteroatoms. The molecule has 0 saturated heterocycles. The van der Waals surface area contributed by atoms with Crippen molar-refractivity contribution in [2.75, 3.05) is 11.3 Å². The summed E-state index contributed by atoms with van der Waals surface area (Å²) in [6.45, 7) is 11.7. The molecule has 2 aliphatic rings. The Morgan fingerprint density at radius 1 is 1.03 bits per heavy atom. The van der Waals surface area contributed by atoms with Crippen LogP contribution >= 0.6 is 0 Å². The van der Waals surface area contributed by atoms with Crippen molar-refractivity contribution >= 4 is 21.9 Å². The van der Waals surface area contributed by atoms with E-state index < -0.39 is 27.9 Å². The molecule has 0 amide bonds. The average Bonchev–Trinajstić information content (AvgIpc) is 3.17. The number of carbonyl (C=O) groups is 1. The topological polar surface area (TPSA) is 95.9 Å². The second-order valence-electron chi connectivity index (χ2n) is 11.8. The number of aryl methyl sites for hydroxylation is 1. The van der Waals surface area contributed by atoms with Crippen LogP contribution in [0.2, 0.25) is 0 Å². The van der Waals surface area contributed by atoms with Crippen molar-refractivity contribution in [3.63, 3.8) is 0 Å². The molecule has 1 aliphatic heterocycles. The number of carboxylic acids is 1. The van der Waals surface area contributed by atoms with Crippen LogP contribution < -0.4 is 4.72 Å². The summed E-state index contributed by atoms with van der Waals surface area (Å²) in [5, 5.41) is 10.4. The van der Waals surface area contributed by atoms with Gasteiger partial charge in [0.15, 0.2) is 6.10 Å².